The number of nitrogens with one attached hydrogen (secondary N) is 1. The summed E-state index contributed by atoms with van der Waals surface area (Å²) in [6.07, 6.45) is 1.77. The molecule has 0 spiro atoms. The molecule has 2 aromatic rings. The molecular formula is C10H14N6. The normalized spacial score (nSPS) is 10.4. The highest BCUT2D eigenvalue weighted by molar-refractivity contribution is 5.33. The first kappa shape index (κ1) is 10.6. The van der Waals surface area contributed by atoms with Gasteiger partial charge in [0, 0.05) is 6.20 Å². The second-order valence-electron chi connectivity index (χ2n) is 3.56. The first-order valence-corrected chi connectivity index (χ1v) is 4.98. The van der Waals surface area contributed by atoms with E-state index >= 15 is 0 Å². The molecule has 0 radical (unpaired) electrons. The number of pyridine rings is 1. The second kappa shape index (κ2) is 4.28. The van der Waals surface area contributed by atoms with Crippen LogP contribution in [-0.4, -0.2) is 19.7 Å². The molecule has 0 aliphatic heterocycles. The number of hydrazine groups is 1. The van der Waals surface area contributed by atoms with Gasteiger partial charge in [-0.15, -0.1) is 0 Å². The highest BCUT2D eigenvalue weighted by Crippen LogP contribution is 2.06. The van der Waals surface area contributed by atoms with Gasteiger partial charge >= 0.3 is 0 Å². The molecule has 0 aliphatic rings. The lowest BCUT2D eigenvalue weighted by Crippen LogP contribution is -2.09. The van der Waals surface area contributed by atoms with Crippen LogP contribution in [0.5, 0.6) is 0 Å². The van der Waals surface area contributed by atoms with Crippen LogP contribution in [0.25, 0.3) is 0 Å². The van der Waals surface area contributed by atoms with Crippen LogP contribution in [0.4, 0.5) is 5.82 Å². The van der Waals surface area contributed by atoms with Gasteiger partial charge in [0.15, 0.2) is 0 Å². The van der Waals surface area contributed by atoms with Crippen LogP contribution in [0.1, 0.15) is 17.2 Å². The highest BCUT2D eigenvalue weighted by atomic mass is 15.3. The molecule has 3 N–H and O–H groups in total. The number of hydrogen-bond acceptors (Lipinski definition) is 5. The maximum Gasteiger partial charge on any atom is 0.147 e. The van der Waals surface area contributed by atoms with Crippen molar-refractivity contribution in [2.75, 3.05) is 5.43 Å². The van der Waals surface area contributed by atoms with Crippen molar-refractivity contribution in [3.8, 4) is 0 Å². The fourth-order valence-corrected chi connectivity index (χ4v) is 1.49. The summed E-state index contributed by atoms with van der Waals surface area (Å²) in [5, 5.41) is 4.29. The lowest BCUT2D eigenvalue weighted by molar-refractivity contribution is 0.654. The summed E-state index contributed by atoms with van der Waals surface area (Å²) in [6.45, 7) is 4.48. The summed E-state index contributed by atoms with van der Waals surface area (Å²) in [5.74, 6) is 7.57. The first-order chi connectivity index (χ1) is 7.69. The van der Waals surface area contributed by atoms with E-state index < -0.39 is 0 Å². The van der Waals surface area contributed by atoms with Crippen molar-refractivity contribution < 1.29 is 0 Å². The lowest BCUT2D eigenvalue weighted by Gasteiger charge is -2.04. The summed E-state index contributed by atoms with van der Waals surface area (Å²) >= 11 is 0. The zero-order valence-electron chi connectivity index (χ0n) is 9.31. The van der Waals surface area contributed by atoms with E-state index in [4.69, 9.17) is 5.84 Å². The summed E-state index contributed by atoms with van der Waals surface area (Å²) in [4.78, 5) is 8.37. The number of nitrogen functional groups attached to an aromatic ring is 1. The third-order valence-corrected chi connectivity index (χ3v) is 2.27. The molecule has 0 unspecified atom stereocenters. The maximum atomic E-state index is 5.24. The molecular weight excluding hydrogens is 204 g/mol. The zero-order valence-corrected chi connectivity index (χ0v) is 9.31. The Hall–Kier alpha value is -1.95. The Morgan fingerprint density at radius 2 is 2.19 bits per heavy atom. The first-order valence-electron chi connectivity index (χ1n) is 4.98. The van der Waals surface area contributed by atoms with E-state index in [-0.39, 0.29) is 0 Å². The molecule has 0 aliphatic carbocycles. The number of anilines is 1. The average molecular weight is 218 g/mol. The molecule has 0 saturated carbocycles. The quantitative estimate of drug-likeness (QED) is 0.583. The molecule has 2 heterocycles. The number of nitrogens with zero attached hydrogens (tertiary/aromatic N) is 4. The Labute approximate surface area is 93.5 Å². The number of aromatic nitrogens is 4. The zero-order chi connectivity index (χ0) is 11.5. The summed E-state index contributed by atoms with van der Waals surface area (Å²) < 4.78 is 1.85. The van der Waals surface area contributed by atoms with Crippen LogP contribution >= 0.6 is 0 Å². The third kappa shape index (κ3) is 2.17. The molecule has 16 heavy (non-hydrogen) atoms. The Kier molecular flexibility index (Phi) is 2.82. The molecule has 2 aromatic heterocycles. The van der Waals surface area contributed by atoms with Crippen LogP contribution in [0.15, 0.2) is 18.3 Å². The minimum atomic E-state index is 0.648. The van der Waals surface area contributed by atoms with E-state index in [2.05, 4.69) is 20.5 Å². The Morgan fingerprint density at radius 3 is 2.69 bits per heavy atom. The fraction of sp³-hybridized carbons (Fsp3) is 0.300. The van der Waals surface area contributed by atoms with Gasteiger partial charge < -0.3 is 5.43 Å². The van der Waals surface area contributed by atoms with E-state index in [9.17, 15) is 0 Å². The molecule has 2 rings (SSSR count). The van der Waals surface area contributed by atoms with Crippen molar-refractivity contribution in [1.82, 2.24) is 19.7 Å². The summed E-state index contributed by atoms with van der Waals surface area (Å²) in [5.41, 5.74) is 3.55. The molecule has 0 fully saturated rings. The topological polar surface area (TPSA) is 81.7 Å². The molecule has 0 aromatic carbocycles. The van der Waals surface area contributed by atoms with E-state index in [1.807, 2.05) is 30.7 Å². The van der Waals surface area contributed by atoms with Crippen molar-refractivity contribution in [2.24, 2.45) is 5.84 Å². The third-order valence-electron chi connectivity index (χ3n) is 2.27. The minimum absolute atomic E-state index is 0.648. The Morgan fingerprint density at radius 1 is 1.38 bits per heavy atom. The lowest BCUT2D eigenvalue weighted by atomic mass is 10.3. The van der Waals surface area contributed by atoms with Gasteiger partial charge in [-0.05, 0) is 25.5 Å². The monoisotopic (exact) mass is 218 g/mol. The highest BCUT2D eigenvalue weighted by Gasteiger charge is 2.03. The molecule has 84 valence electrons. The Balaban J connectivity index is 2.17. The van der Waals surface area contributed by atoms with Gasteiger partial charge in [0.1, 0.15) is 17.5 Å². The number of aryl methyl sites for hydroxylation is 2. The Bertz CT molecular complexity index is 473. The van der Waals surface area contributed by atoms with Crippen LogP contribution in [0.3, 0.4) is 0 Å². The molecule has 0 bridgehead atoms. The molecule has 6 heteroatoms. The van der Waals surface area contributed by atoms with E-state index in [1.165, 1.54) is 0 Å². The van der Waals surface area contributed by atoms with Gasteiger partial charge in [-0.2, -0.15) is 5.10 Å². The fourth-order valence-electron chi connectivity index (χ4n) is 1.49. The van der Waals surface area contributed by atoms with E-state index in [0.29, 0.717) is 12.4 Å². The molecule has 6 nitrogen and oxygen atoms in total. The molecule has 0 saturated heterocycles. The number of hydrogen-bond donors (Lipinski definition) is 2. The SMILES string of the molecule is Cc1nc(C)n(Cc2ccc(NN)nc2)n1. The van der Waals surface area contributed by atoms with E-state index in [0.717, 1.165) is 17.2 Å². The van der Waals surface area contributed by atoms with Gasteiger partial charge in [0.25, 0.3) is 0 Å². The van der Waals surface area contributed by atoms with Crippen LogP contribution < -0.4 is 11.3 Å². The van der Waals surface area contributed by atoms with Gasteiger partial charge in [-0.1, -0.05) is 6.07 Å². The van der Waals surface area contributed by atoms with Crippen molar-refractivity contribution >= 4 is 5.82 Å². The van der Waals surface area contributed by atoms with Crippen LogP contribution in [0, 0.1) is 13.8 Å². The van der Waals surface area contributed by atoms with Gasteiger partial charge in [0.2, 0.25) is 0 Å². The van der Waals surface area contributed by atoms with Gasteiger partial charge in [-0.25, -0.2) is 20.5 Å². The van der Waals surface area contributed by atoms with Crippen LogP contribution in [0.2, 0.25) is 0 Å². The van der Waals surface area contributed by atoms with Crippen molar-refractivity contribution in [3.05, 3.63) is 35.5 Å². The predicted octanol–water partition coefficient (Wildman–Crippen LogP) is 0.624. The largest absolute Gasteiger partial charge is 0.308 e. The smallest absolute Gasteiger partial charge is 0.147 e. The van der Waals surface area contributed by atoms with Gasteiger partial charge in [0.05, 0.1) is 6.54 Å². The van der Waals surface area contributed by atoms with E-state index in [1.54, 1.807) is 6.20 Å². The van der Waals surface area contributed by atoms with Crippen molar-refractivity contribution in [2.45, 2.75) is 20.4 Å². The second-order valence-corrected chi connectivity index (χ2v) is 3.56. The average Bonchev–Trinajstić information content (AvgIpc) is 2.59. The summed E-state index contributed by atoms with van der Waals surface area (Å²) in [6, 6.07) is 3.78. The van der Waals surface area contributed by atoms with Crippen molar-refractivity contribution in [1.29, 1.82) is 0 Å². The summed E-state index contributed by atoms with van der Waals surface area (Å²) in [7, 11) is 0. The predicted molar refractivity (Wildman–Crippen MR) is 60.6 cm³/mol. The minimum Gasteiger partial charge on any atom is -0.308 e. The number of rotatable bonds is 3. The van der Waals surface area contributed by atoms with Crippen LogP contribution in [-0.2, 0) is 6.54 Å². The van der Waals surface area contributed by atoms with Gasteiger partial charge in [-0.3, -0.25) is 0 Å². The standard InChI is InChI=1S/C10H14N6/c1-7-13-8(2)16(15-7)6-9-3-4-10(14-11)12-5-9/h3-5H,6,11H2,1-2H3,(H,12,14). The van der Waals surface area contributed by atoms with Crippen molar-refractivity contribution in [3.63, 3.8) is 0 Å². The number of nitrogens with two attached hydrogens (primary N) is 1. The molecule has 0 atom stereocenters. The maximum absolute atomic E-state index is 5.24. The molecule has 0 amide bonds.